The van der Waals surface area contributed by atoms with Gasteiger partial charge in [-0.25, -0.2) is 0 Å². The van der Waals surface area contributed by atoms with Crippen LogP contribution in [0.3, 0.4) is 0 Å². The van der Waals surface area contributed by atoms with Gasteiger partial charge in [-0.05, 0) is 56.4 Å². The van der Waals surface area contributed by atoms with E-state index < -0.39 is 0 Å². The van der Waals surface area contributed by atoms with E-state index in [0.29, 0.717) is 5.41 Å². The smallest absolute Gasteiger partial charge is 0.0375 e. The van der Waals surface area contributed by atoms with Crippen molar-refractivity contribution in [2.75, 3.05) is 11.1 Å². The van der Waals surface area contributed by atoms with E-state index in [2.05, 4.69) is 52.9 Å². The molecule has 0 amide bonds. The number of nitrogens with one attached hydrogen (secondary N) is 1. The van der Waals surface area contributed by atoms with Gasteiger partial charge < -0.3 is 11.1 Å². The van der Waals surface area contributed by atoms with Gasteiger partial charge in [0, 0.05) is 16.9 Å². The lowest BCUT2D eigenvalue weighted by Gasteiger charge is -2.34. The zero-order valence-corrected chi connectivity index (χ0v) is 12.0. The van der Waals surface area contributed by atoms with Crippen molar-refractivity contribution in [3.05, 3.63) is 23.8 Å². The molecule has 1 aromatic rings. The van der Waals surface area contributed by atoms with Crippen molar-refractivity contribution in [2.45, 2.75) is 53.5 Å². The molecule has 2 heteroatoms. The number of benzene rings is 1. The van der Waals surface area contributed by atoms with Gasteiger partial charge in [0.1, 0.15) is 0 Å². The third-order valence-electron chi connectivity index (χ3n) is 2.70. The number of anilines is 2. The number of aryl methyl sites for hydroxylation is 1. The molecule has 1 aromatic carbocycles. The van der Waals surface area contributed by atoms with Gasteiger partial charge in [0.25, 0.3) is 0 Å². The van der Waals surface area contributed by atoms with Crippen molar-refractivity contribution >= 4 is 11.4 Å². The van der Waals surface area contributed by atoms with Gasteiger partial charge in [0.15, 0.2) is 0 Å². The van der Waals surface area contributed by atoms with Crippen LogP contribution in [0.4, 0.5) is 11.4 Å². The van der Waals surface area contributed by atoms with Crippen LogP contribution in [0.25, 0.3) is 0 Å². The molecule has 3 N–H and O–H groups in total. The summed E-state index contributed by atoms with van der Waals surface area (Å²) < 4.78 is 0. The summed E-state index contributed by atoms with van der Waals surface area (Å²) in [7, 11) is 0. The Kier molecular flexibility index (Phi) is 3.75. The van der Waals surface area contributed by atoms with E-state index in [0.717, 1.165) is 12.1 Å². The lowest BCUT2D eigenvalue weighted by Crippen LogP contribution is -2.35. The maximum absolute atomic E-state index is 5.77. The monoisotopic (exact) mass is 234 g/mol. The van der Waals surface area contributed by atoms with Gasteiger partial charge in [-0.2, -0.15) is 0 Å². The van der Waals surface area contributed by atoms with Crippen molar-refractivity contribution < 1.29 is 0 Å². The minimum Gasteiger partial charge on any atom is -0.399 e. The maximum Gasteiger partial charge on any atom is 0.0375 e. The molecule has 0 aliphatic heterocycles. The number of nitrogen functional groups attached to an aromatic ring is 1. The van der Waals surface area contributed by atoms with Crippen LogP contribution in [-0.2, 0) is 0 Å². The summed E-state index contributed by atoms with van der Waals surface area (Å²) >= 11 is 0. The summed E-state index contributed by atoms with van der Waals surface area (Å²) in [6.07, 6.45) is 1.11. The molecule has 0 radical (unpaired) electrons. The number of hydrogen-bond donors (Lipinski definition) is 2. The van der Waals surface area contributed by atoms with E-state index in [1.54, 1.807) is 0 Å². The van der Waals surface area contributed by atoms with Gasteiger partial charge in [-0.15, -0.1) is 0 Å². The second kappa shape index (κ2) is 4.59. The summed E-state index contributed by atoms with van der Waals surface area (Å²) in [6, 6.07) is 6.02. The zero-order valence-electron chi connectivity index (χ0n) is 12.0. The summed E-state index contributed by atoms with van der Waals surface area (Å²) in [6.45, 7) is 13.4. The first kappa shape index (κ1) is 13.9. The quantitative estimate of drug-likeness (QED) is 0.769. The molecule has 1 rings (SSSR count). The van der Waals surface area contributed by atoms with E-state index in [1.807, 2.05) is 12.1 Å². The first-order chi connectivity index (χ1) is 7.59. The number of hydrogen-bond acceptors (Lipinski definition) is 2. The lowest BCUT2D eigenvalue weighted by molar-refractivity contribution is 0.302. The van der Waals surface area contributed by atoms with Crippen LogP contribution >= 0.6 is 0 Å². The van der Waals surface area contributed by atoms with E-state index in [4.69, 9.17) is 5.73 Å². The van der Waals surface area contributed by atoms with Crippen molar-refractivity contribution in [3.63, 3.8) is 0 Å². The molecule has 0 aliphatic rings. The molecule has 17 heavy (non-hydrogen) atoms. The largest absolute Gasteiger partial charge is 0.399 e. The molecule has 0 aromatic heterocycles. The molecular weight excluding hydrogens is 208 g/mol. The van der Waals surface area contributed by atoms with Crippen molar-refractivity contribution in [1.82, 2.24) is 0 Å². The first-order valence-corrected chi connectivity index (χ1v) is 6.23. The predicted octanol–water partition coefficient (Wildman–Crippen LogP) is 4.20. The summed E-state index contributed by atoms with van der Waals surface area (Å²) in [5.74, 6) is 0. The predicted molar refractivity (Wildman–Crippen MR) is 77.4 cm³/mol. The normalized spacial score (nSPS) is 12.6. The Morgan fingerprint density at radius 1 is 1.12 bits per heavy atom. The Balaban J connectivity index is 2.83. The highest BCUT2D eigenvalue weighted by Crippen LogP contribution is 2.30. The second-order valence-electron chi connectivity index (χ2n) is 6.82. The summed E-state index contributed by atoms with van der Waals surface area (Å²) in [5, 5.41) is 3.61. The molecule has 2 nitrogen and oxygen atoms in total. The Morgan fingerprint density at radius 2 is 1.71 bits per heavy atom. The highest BCUT2D eigenvalue weighted by Gasteiger charge is 2.25. The molecule has 0 fully saturated rings. The van der Waals surface area contributed by atoms with Crippen LogP contribution in [0, 0.1) is 12.3 Å². The van der Waals surface area contributed by atoms with Crippen molar-refractivity contribution in [3.8, 4) is 0 Å². The van der Waals surface area contributed by atoms with Gasteiger partial charge in [0.2, 0.25) is 0 Å². The van der Waals surface area contributed by atoms with Crippen LogP contribution in [0.5, 0.6) is 0 Å². The molecule has 0 heterocycles. The van der Waals surface area contributed by atoms with Crippen LogP contribution < -0.4 is 11.1 Å². The molecule has 0 bridgehead atoms. The average Bonchev–Trinajstić information content (AvgIpc) is 2.05. The Labute approximate surface area is 106 Å². The standard InChI is InChI=1S/C15H26N2/c1-11-9-12(16)7-8-13(11)17-15(5,6)10-14(2,3)4/h7-9,17H,10,16H2,1-6H3. The van der Waals surface area contributed by atoms with E-state index >= 15 is 0 Å². The molecule has 0 saturated carbocycles. The maximum atomic E-state index is 5.77. The fraction of sp³-hybridized carbons (Fsp3) is 0.600. The Hall–Kier alpha value is -1.18. The molecule has 96 valence electrons. The first-order valence-electron chi connectivity index (χ1n) is 6.23. The van der Waals surface area contributed by atoms with Crippen molar-refractivity contribution in [1.29, 1.82) is 0 Å². The Bertz CT molecular complexity index is 386. The number of rotatable bonds is 3. The fourth-order valence-electron chi connectivity index (χ4n) is 2.56. The minimum absolute atomic E-state index is 0.0825. The molecule has 0 unspecified atom stereocenters. The van der Waals surface area contributed by atoms with E-state index in [1.165, 1.54) is 11.3 Å². The van der Waals surface area contributed by atoms with Crippen LogP contribution in [0.15, 0.2) is 18.2 Å². The van der Waals surface area contributed by atoms with Crippen molar-refractivity contribution in [2.24, 2.45) is 5.41 Å². The molecule has 0 spiro atoms. The zero-order chi connectivity index (χ0) is 13.3. The highest BCUT2D eigenvalue weighted by atomic mass is 15.0. The highest BCUT2D eigenvalue weighted by molar-refractivity contribution is 5.58. The van der Waals surface area contributed by atoms with Crippen LogP contribution in [-0.4, -0.2) is 5.54 Å². The minimum atomic E-state index is 0.0825. The molecule has 0 saturated heterocycles. The van der Waals surface area contributed by atoms with E-state index in [-0.39, 0.29) is 5.54 Å². The van der Waals surface area contributed by atoms with Gasteiger partial charge in [0.05, 0.1) is 0 Å². The Morgan fingerprint density at radius 3 is 2.18 bits per heavy atom. The molecular formula is C15H26N2. The SMILES string of the molecule is Cc1cc(N)ccc1NC(C)(C)CC(C)(C)C. The second-order valence-corrected chi connectivity index (χ2v) is 6.82. The fourth-order valence-corrected chi connectivity index (χ4v) is 2.56. The third kappa shape index (κ3) is 4.68. The van der Waals surface area contributed by atoms with Gasteiger partial charge >= 0.3 is 0 Å². The summed E-state index contributed by atoms with van der Waals surface area (Å²) in [4.78, 5) is 0. The number of nitrogens with two attached hydrogens (primary N) is 1. The lowest BCUT2D eigenvalue weighted by atomic mass is 9.81. The third-order valence-corrected chi connectivity index (χ3v) is 2.70. The molecule has 0 atom stereocenters. The van der Waals surface area contributed by atoms with Crippen LogP contribution in [0.2, 0.25) is 0 Å². The van der Waals surface area contributed by atoms with Crippen LogP contribution in [0.1, 0.15) is 46.6 Å². The molecule has 0 aliphatic carbocycles. The van der Waals surface area contributed by atoms with Gasteiger partial charge in [-0.1, -0.05) is 20.8 Å². The topological polar surface area (TPSA) is 38.0 Å². The average molecular weight is 234 g/mol. The summed E-state index contributed by atoms with van der Waals surface area (Å²) in [5.41, 5.74) is 9.36. The van der Waals surface area contributed by atoms with E-state index in [9.17, 15) is 0 Å². The van der Waals surface area contributed by atoms with Gasteiger partial charge in [-0.3, -0.25) is 0 Å².